The molecule has 2 rings (SSSR count). The maximum absolute atomic E-state index is 12.9. The molecule has 1 heterocycles. The molecule has 1 aromatic rings. The highest BCUT2D eigenvalue weighted by atomic mass is 35.5. The quantitative estimate of drug-likeness (QED) is 0.682. The minimum Gasteiger partial charge on any atom is -0.490 e. The lowest BCUT2D eigenvalue weighted by Gasteiger charge is -2.31. The molecule has 0 spiro atoms. The van der Waals surface area contributed by atoms with E-state index in [0.29, 0.717) is 43.7 Å². The minimum atomic E-state index is -3.50. The van der Waals surface area contributed by atoms with Gasteiger partial charge in [0.05, 0.1) is 18.1 Å². The molecule has 8 heteroatoms. The first-order valence-corrected chi connectivity index (χ1v) is 10.6. The van der Waals surface area contributed by atoms with E-state index in [-0.39, 0.29) is 17.3 Å². The zero-order valence-corrected chi connectivity index (χ0v) is 17.5. The fraction of sp³-hybridized carbons (Fsp3) is 0.667. The topological polar surface area (TPSA) is 67.9 Å². The number of nitrogens with one attached hydrogen (secondary N) is 1. The first kappa shape index (κ1) is 23.0. The van der Waals surface area contributed by atoms with Crippen molar-refractivity contribution in [1.29, 1.82) is 0 Å². The molecule has 0 bridgehead atoms. The van der Waals surface area contributed by atoms with Gasteiger partial charge in [0.15, 0.2) is 11.5 Å². The fourth-order valence-electron chi connectivity index (χ4n) is 3.04. The van der Waals surface area contributed by atoms with Gasteiger partial charge in [-0.3, -0.25) is 0 Å². The highest BCUT2D eigenvalue weighted by molar-refractivity contribution is 7.89. The monoisotopic (exact) mass is 406 g/mol. The molecule has 0 saturated carbocycles. The summed E-state index contributed by atoms with van der Waals surface area (Å²) in [5, 5.41) is 3.34. The van der Waals surface area contributed by atoms with E-state index in [9.17, 15) is 8.42 Å². The Morgan fingerprint density at radius 2 is 1.69 bits per heavy atom. The third-order valence-electron chi connectivity index (χ3n) is 4.41. The van der Waals surface area contributed by atoms with Crippen LogP contribution in [0.15, 0.2) is 23.1 Å². The smallest absolute Gasteiger partial charge is 0.243 e. The van der Waals surface area contributed by atoms with Crippen molar-refractivity contribution < 1.29 is 17.9 Å². The van der Waals surface area contributed by atoms with Crippen LogP contribution in [0.25, 0.3) is 0 Å². The Hall–Kier alpha value is -1.02. The van der Waals surface area contributed by atoms with Crippen LogP contribution in [0.2, 0.25) is 0 Å². The van der Waals surface area contributed by atoms with Crippen molar-refractivity contribution >= 4 is 22.4 Å². The second kappa shape index (κ2) is 11.0. The second-order valence-corrected chi connectivity index (χ2v) is 8.07. The molecule has 26 heavy (non-hydrogen) atoms. The molecule has 1 aliphatic rings. The van der Waals surface area contributed by atoms with Crippen LogP contribution in [0, 0.1) is 5.92 Å². The average molecular weight is 407 g/mol. The maximum Gasteiger partial charge on any atom is 0.243 e. The number of benzene rings is 1. The van der Waals surface area contributed by atoms with Gasteiger partial charge in [0.2, 0.25) is 10.0 Å². The van der Waals surface area contributed by atoms with E-state index in [2.05, 4.69) is 12.2 Å². The summed E-state index contributed by atoms with van der Waals surface area (Å²) in [6.07, 6.45) is 1.78. The SMILES string of the molecule is CCNCC1CCN(S(=O)(=O)c2ccc(OCC)c(OCC)c2)CC1.Cl. The standard InChI is InChI=1S/C18H30N2O4S.ClH/c1-4-19-14-15-9-11-20(12-10-15)25(21,22)16-7-8-17(23-5-2)18(13-16)24-6-3;/h7-8,13,15,19H,4-6,9-12,14H2,1-3H3;1H. The van der Waals surface area contributed by atoms with Gasteiger partial charge in [-0.15, -0.1) is 12.4 Å². The van der Waals surface area contributed by atoms with Crippen LogP contribution in [0.3, 0.4) is 0 Å². The van der Waals surface area contributed by atoms with Crippen LogP contribution >= 0.6 is 12.4 Å². The Labute approximate surface area is 163 Å². The Morgan fingerprint density at radius 3 is 2.27 bits per heavy atom. The van der Waals surface area contributed by atoms with Crippen LogP contribution in [0.4, 0.5) is 0 Å². The van der Waals surface area contributed by atoms with E-state index in [0.717, 1.165) is 25.9 Å². The molecule has 0 amide bonds. The van der Waals surface area contributed by atoms with Crippen LogP contribution in [-0.2, 0) is 10.0 Å². The fourth-order valence-corrected chi connectivity index (χ4v) is 4.53. The average Bonchev–Trinajstić information content (AvgIpc) is 2.62. The van der Waals surface area contributed by atoms with Gasteiger partial charge in [0, 0.05) is 19.2 Å². The lowest BCUT2D eigenvalue weighted by molar-refractivity contribution is 0.268. The minimum absolute atomic E-state index is 0. The van der Waals surface area contributed by atoms with Crippen LogP contribution < -0.4 is 14.8 Å². The third kappa shape index (κ3) is 5.74. The van der Waals surface area contributed by atoms with E-state index in [4.69, 9.17) is 9.47 Å². The Kier molecular flexibility index (Phi) is 9.71. The highest BCUT2D eigenvalue weighted by Crippen LogP contribution is 2.32. The molecule has 1 fully saturated rings. The summed E-state index contributed by atoms with van der Waals surface area (Å²) in [5.74, 6) is 1.60. The second-order valence-electron chi connectivity index (χ2n) is 6.13. The van der Waals surface area contributed by atoms with Gasteiger partial charge in [-0.25, -0.2) is 8.42 Å². The van der Waals surface area contributed by atoms with E-state index in [1.54, 1.807) is 22.5 Å². The molecular formula is C18H31ClN2O4S. The highest BCUT2D eigenvalue weighted by Gasteiger charge is 2.30. The summed E-state index contributed by atoms with van der Waals surface area (Å²) in [6, 6.07) is 4.86. The van der Waals surface area contributed by atoms with Crippen molar-refractivity contribution in [2.75, 3.05) is 39.4 Å². The lowest BCUT2D eigenvalue weighted by Crippen LogP contribution is -2.40. The third-order valence-corrected chi connectivity index (χ3v) is 6.30. The lowest BCUT2D eigenvalue weighted by atomic mass is 9.98. The molecular weight excluding hydrogens is 376 g/mol. The summed E-state index contributed by atoms with van der Waals surface area (Å²) >= 11 is 0. The molecule has 6 nitrogen and oxygen atoms in total. The van der Waals surface area contributed by atoms with Crippen LogP contribution in [-0.4, -0.2) is 52.1 Å². The number of piperidine rings is 1. The zero-order valence-electron chi connectivity index (χ0n) is 15.9. The molecule has 1 saturated heterocycles. The predicted octanol–water partition coefficient (Wildman–Crippen LogP) is 2.92. The molecule has 0 unspecified atom stereocenters. The summed E-state index contributed by atoms with van der Waals surface area (Å²) in [6.45, 7) is 9.84. The number of rotatable bonds is 9. The first-order chi connectivity index (χ1) is 12.0. The van der Waals surface area contributed by atoms with Crippen molar-refractivity contribution in [3.8, 4) is 11.5 Å². The molecule has 0 atom stereocenters. The number of ether oxygens (including phenoxy) is 2. The number of sulfonamides is 1. The van der Waals surface area contributed by atoms with Gasteiger partial charge in [0.25, 0.3) is 0 Å². The summed E-state index contributed by atoms with van der Waals surface area (Å²) < 4.78 is 38.6. The van der Waals surface area contributed by atoms with Gasteiger partial charge in [0.1, 0.15) is 0 Å². The normalized spacial score (nSPS) is 16.1. The van der Waals surface area contributed by atoms with E-state index in [1.807, 2.05) is 13.8 Å². The van der Waals surface area contributed by atoms with Gasteiger partial charge in [-0.1, -0.05) is 6.92 Å². The Balaban J connectivity index is 0.00000338. The predicted molar refractivity (Wildman–Crippen MR) is 106 cm³/mol. The maximum atomic E-state index is 12.9. The Bertz CT molecular complexity index is 647. The van der Waals surface area contributed by atoms with Gasteiger partial charge >= 0.3 is 0 Å². The van der Waals surface area contributed by atoms with Crippen molar-refractivity contribution in [2.24, 2.45) is 5.92 Å². The molecule has 1 N–H and O–H groups in total. The molecule has 150 valence electrons. The summed E-state index contributed by atoms with van der Waals surface area (Å²) in [5.41, 5.74) is 0. The van der Waals surface area contributed by atoms with Gasteiger partial charge < -0.3 is 14.8 Å². The molecule has 1 aliphatic heterocycles. The molecule has 1 aromatic carbocycles. The summed E-state index contributed by atoms with van der Waals surface area (Å²) in [7, 11) is -3.50. The van der Waals surface area contributed by atoms with Crippen LogP contribution in [0.1, 0.15) is 33.6 Å². The molecule has 0 radical (unpaired) electrons. The largest absolute Gasteiger partial charge is 0.490 e. The number of nitrogens with zero attached hydrogens (tertiary/aromatic N) is 1. The number of hydrogen-bond acceptors (Lipinski definition) is 5. The molecule has 0 aromatic heterocycles. The number of halogens is 1. The Morgan fingerprint density at radius 1 is 1.08 bits per heavy atom. The van der Waals surface area contributed by atoms with Crippen LogP contribution in [0.5, 0.6) is 11.5 Å². The van der Waals surface area contributed by atoms with E-state index < -0.39 is 10.0 Å². The zero-order chi connectivity index (χ0) is 18.3. The van der Waals surface area contributed by atoms with Crippen molar-refractivity contribution in [3.05, 3.63) is 18.2 Å². The number of hydrogen-bond donors (Lipinski definition) is 1. The van der Waals surface area contributed by atoms with Gasteiger partial charge in [-0.2, -0.15) is 4.31 Å². The van der Waals surface area contributed by atoms with E-state index >= 15 is 0 Å². The van der Waals surface area contributed by atoms with Crippen molar-refractivity contribution in [2.45, 2.75) is 38.5 Å². The molecule has 0 aliphatic carbocycles. The van der Waals surface area contributed by atoms with E-state index in [1.165, 1.54) is 0 Å². The first-order valence-electron chi connectivity index (χ1n) is 9.13. The van der Waals surface area contributed by atoms with Crippen molar-refractivity contribution in [3.63, 3.8) is 0 Å². The van der Waals surface area contributed by atoms with Crippen molar-refractivity contribution in [1.82, 2.24) is 9.62 Å². The summed E-state index contributed by atoms with van der Waals surface area (Å²) in [4.78, 5) is 0.268. The van der Waals surface area contributed by atoms with Gasteiger partial charge in [-0.05, 0) is 57.8 Å².